The minimum atomic E-state index is -0.478. The highest BCUT2D eigenvalue weighted by Crippen LogP contribution is 2.27. The van der Waals surface area contributed by atoms with Gasteiger partial charge in [-0.3, -0.25) is 15.0 Å². The van der Waals surface area contributed by atoms with Crippen molar-refractivity contribution in [3.63, 3.8) is 0 Å². The van der Waals surface area contributed by atoms with Gasteiger partial charge in [0, 0.05) is 34.8 Å². The highest BCUT2D eigenvalue weighted by Gasteiger charge is 2.21. The second kappa shape index (κ2) is 7.81. The van der Waals surface area contributed by atoms with E-state index >= 15 is 0 Å². The molecule has 0 saturated carbocycles. The Morgan fingerprint density at radius 1 is 1.26 bits per heavy atom. The van der Waals surface area contributed by atoms with Crippen LogP contribution < -0.4 is 0 Å². The molecule has 0 saturated heterocycles. The molecule has 7 nitrogen and oxygen atoms in total. The Bertz CT molecular complexity index is 941. The summed E-state index contributed by atoms with van der Waals surface area (Å²) in [6.07, 6.45) is 0. The number of hydrogen-bond acceptors (Lipinski definition) is 6. The maximum atomic E-state index is 14.0. The van der Waals surface area contributed by atoms with Gasteiger partial charge in [0.2, 0.25) is 11.8 Å². The first kappa shape index (κ1) is 18.9. The van der Waals surface area contributed by atoms with E-state index in [0.29, 0.717) is 22.0 Å². The van der Waals surface area contributed by atoms with E-state index < -0.39 is 4.92 Å². The van der Waals surface area contributed by atoms with E-state index in [4.69, 9.17) is 16.0 Å². The van der Waals surface area contributed by atoms with Gasteiger partial charge in [-0.1, -0.05) is 17.7 Å². The molecule has 9 heteroatoms. The summed E-state index contributed by atoms with van der Waals surface area (Å²) in [5.74, 6) is 0.223. The molecule has 0 aliphatic heterocycles. The summed E-state index contributed by atoms with van der Waals surface area (Å²) in [5.41, 5.74) is 0.948. The van der Waals surface area contributed by atoms with Crippen molar-refractivity contribution in [3.8, 4) is 11.5 Å². The summed E-state index contributed by atoms with van der Waals surface area (Å²) in [5, 5.41) is 19.1. The first-order valence-corrected chi connectivity index (χ1v) is 8.46. The van der Waals surface area contributed by atoms with Crippen molar-refractivity contribution < 1.29 is 13.7 Å². The number of hydrogen-bond donors (Lipinski definition) is 0. The molecule has 0 aliphatic rings. The third-order valence-corrected chi connectivity index (χ3v) is 4.61. The lowest BCUT2D eigenvalue weighted by molar-refractivity contribution is -0.384. The van der Waals surface area contributed by atoms with Crippen LogP contribution in [0.2, 0.25) is 5.02 Å². The third kappa shape index (κ3) is 4.12. The standard InChI is InChI=1S/C18H16ClFN4O3/c1-11(23(2)10-14-15(19)4-3-5-16(14)20)17-21-22-18(27-17)12-6-8-13(9-7-12)24(25)26/h3-9,11H,10H2,1-2H3/t11-/m1/s1. The van der Waals surface area contributed by atoms with E-state index in [1.54, 1.807) is 31.3 Å². The molecule has 140 valence electrons. The van der Waals surface area contributed by atoms with Crippen LogP contribution in [0.3, 0.4) is 0 Å². The van der Waals surface area contributed by atoms with Gasteiger partial charge in [0.25, 0.3) is 5.69 Å². The summed E-state index contributed by atoms with van der Waals surface area (Å²) in [6.45, 7) is 2.11. The number of nitrogens with zero attached hydrogens (tertiary/aromatic N) is 4. The second-order valence-corrected chi connectivity index (χ2v) is 6.45. The van der Waals surface area contributed by atoms with Gasteiger partial charge in [0.1, 0.15) is 5.82 Å². The van der Waals surface area contributed by atoms with Crippen LogP contribution in [-0.4, -0.2) is 27.1 Å². The fourth-order valence-corrected chi connectivity index (χ4v) is 2.73. The number of aromatic nitrogens is 2. The first-order valence-electron chi connectivity index (χ1n) is 8.08. The van der Waals surface area contributed by atoms with Gasteiger partial charge < -0.3 is 4.42 Å². The van der Waals surface area contributed by atoms with Crippen LogP contribution >= 0.6 is 11.6 Å². The minimum Gasteiger partial charge on any atom is -0.419 e. The monoisotopic (exact) mass is 390 g/mol. The van der Waals surface area contributed by atoms with Crippen molar-refractivity contribution in [2.75, 3.05) is 7.05 Å². The van der Waals surface area contributed by atoms with Gasteiger partial charge in [-0.15, -0.1) is 10.2 Å². The van der Waals surface area contributed by atoms with Gasteiger partial charge in [0.05, 0.1) is 11.0 Å². The zero-order valence-corrected chi connectivity index (χ0v) is 15.4. The van der Waals surface area contributed by atoms with Gasteiger partial charge in [-0.05, 0) is 38.2 Å². The predicted octanol–water partition coefficient (Wildman–Crippen LogP) is 4.63. The largest absolute Gasteiger partial charge is 0.419 e. The molecule has 1 heterocycles. The molecule has 0 aliphatic carbocycles. The molecular weight excluding hydrogens is 375 g/mol. The van der Waals surface area contributed by atoms with Crippen LogP contribution in [0.4, 0.5) is 10.1 Å². The van der Waals surface area contributed by atoms with Gasteiger partial charge in [-0.2, -0.15) is 0 Å². The molecule has 27 heavy (non-hydrogen) atoms. The zero-order valence-electron chi connectivity index (χ0n) is 14.6. The Labute approximate surface area is 159 Å². The van der Waals surface area contributed by atoms with E-state index in [-0.39, 0.29) is 30.0 Å². The molecule has 0 fully saturated rings. The number of halogens is 2. The fraction of sp³-hybridized carbons (Fsp3) is 0.222. The molecule has 3 aromatic rings. The van der Waals surface area contributed by atoms with E-state index in [1.807, 2.05) is 11.8 Å². The van der Waals surface area contributed by atoms with Crippen LogP contribution in [0.5, 0.6) is 0 Å². The molecule has 0 N–H and O–H groups in total. The molecular formula is C18H16ClFN4O3. The Balaban J connectivity index is 1.76. The number of nitro groups is 1. The van der Waals surface area contributed by atoms with Crippen LogP contribution in [0.15, 0.2) is 46.9 Å². The van der Waals surface area contributed by atoms with Crippen LogP contribution in [0.1, 0.15) is 24.4 Å². The third-order valence-electron chi connectivity index (χ3n) is 4.25. The fourth-order valence-electron chi connectivity index (χ4n) is 2.50. The van der Waals surface area contributed by atoms with Gasteiger partial charge >= 0.3 is 0 Å². The first-order chi connectivity index (χ1) is 12.9. The van der Waals surface area contributed by atoms with Crippen LogP contribution in [0, 0.1) is 15.9 Å². The molecule has 1 atom stereocenters. The maximum absolute atomic E-state index is 14.0. The minimum absolute atomic E-state index is 0.0200. The predicted molar refractivity (Wildman–Crippen MR) is 97.7 cm³/mol. The summed E-state index contributed by atoms with van der Waals surface area (Å²) < 4.78 is 19.7. The average Bonchev–Trinajstić information content (AvgIpc) is 3.14. The molecule has 3 rings (SSSR count). The quantitative estimate of drug-likeness (QED) is 0.450. The van der Waals surface area contributed by atoms with E-state index in [2.05, 4.69) is 10.2 Å². The summed E-state index contributed by atoms with van der Waals surface area (Å²) >= 11 is 6.08. The molecule has 1 aromatic heterocycles. The Kier molecular flexibility index (Phi) is 5.48. The van der Waals surface area contributed by atoms with Crippen molar-refractivity contribution in [3.05, 3.63) is 74.9 Å². The molecule has 0 spiro atoms. The summed E-state index contributed by atoms with van der Waals surface area (Å²) in [7, 11) is 1.79. The highest BCUT2D eigenvalue weighted by molar-refractivity contribution is 6.31. The average molecular weight is 391 g/mol. The maximum Gasteiger partial charge on any atom is 0.269 e. The van der Waals surface area contributed by atoms with Gasteiger partial charge in [0.15, 0.2) is 0 Å². The van der Waals surface area contributed by atoms with Crippen molar-refractivity contribution >= 4 is 17.3 Å². The highest BCUT2D eigenvalue weighted by atomic mass is 35.5. The molecule has 2 aromatic carbocycles. The number of non-ortho nitro benzene ring substituents is 1. The van der Waals surface area contributed by atoms with Gasteiger partial charge in [-0.25, -0.2) is 4.39 Å². The van der Waals surface area contributed by atoms with Crippen molar-refractivity contribution in [2.45, 2.75) is 19.5 Å². The second-order valence-electron chi connectivity index (χ2n) is 6.04. The Morgan fingerprint density at radius 3 is 2.59 bits per heavy atom. The number of rotatable bonds is 6. The van der Waals surface area contributed by atoms with Crippen molar-refractivity contribution in [1.82, 2.24) is 15.1 Å². The lowest BCUT2D eigenvalue weighted by Crippen LogP contribution is -2.23. The van der Waals surface area contributed by atoms with Crippen LogP contribution in [0.25, 0.3) is 11.5 Å². The Hall–Kier alpha value is -2.84. The van der Waals surface area contributed by atoms with Crippen molar-refractivity contribution in [2.24, 2.45) is 0 Å². The lowest BCUT2D eigenvalue weighted by atomic mass is 10.1. The Morgan fingerprint density at radius 2 is 1.96 bits per heavy atom. The van der Waals surface area contributed by atoms with Crippen LogP contribution in [-0.2, 0) is 6.54 Å². The number of nitro benzene ring substituents is 1. The molecule has 0 amide bonds. The molecule has 0 radical (unpaired) electrons. The topological polar surface area (TPSA) is 85.3 Å². The van der Waals surface area contributed by atoms with Crippen molar-refractivity contribution in [1.29, 1.82) is 0 Å². The number of benzene rings is 2. The summed E-state index contributed by atoms with van der Waals surface area (Å²) in [6, 6.07) is 10.1. The summed E-state index contributed by atoms with van der Waals surface area (Å²) in [4.78, 5) is 12.1. The zero-order chi connectivity index (χ0) is 19.6. The van der Waals surface area contributed by atoms with E-state index in [1.165, 1.54) is 18.2 Å². The normalized spacial score (nSPS) is 12.3. The van der Waals surface area contributed by atoms with E-state index in [9.17, 15) is 14.5 Å². The smallest absolute Gasteiger partial charge is 0.269 e. The lowest BCUT2D eigenvalue weighted by Gasteiger charge is -2.22. The van der Waals surface area contributed by atoms with E-state index in [0.717, 1.165) is 0 Å². The molecule has 0 bridgehead atoms. The molecule has 0 unspecified atom stereocenters. The SMILES string of the molecule is C[C@H](c1nnc(-c2ccc([N+](=O)[O-])cc2)o1)N(C)Cc1c(F)cccc1Cl.